The van der Waals surface area contributed by atoms with Gasteiger partial charge in [0.15, 0.2) is 0 Å². The number of anilines is 1. The number of H-pyrrole nitrogens is 1. The lowest BCUT2D eigenvalue weighted by molar-refractivity contribution is 0.471. The number of rotatable bonds is 6. The number of hydrazone groups is 1. The number of phenols is 1. The first-order valence-corrected chi connectivity index (χ1v) is 9.61. The van der Waals surface area contributed by atoms with Crippen molar-refractivity contribution < 1.29 is 5.11 Å². The minimum atomic E-state index is 0.109. The van der Waals surface area contributed by atoms with Gasteiger partial charge in [-0.25, -0.2) is 10.5 Å². The van der Waals surface area contributed by atoms with Gasteiger partial charge >= 0.3 is 0 Å². The number of phenolic OH excluding ortho intramolecular Hbond substituents is 1. The van der Waals surface area contributed by atoms with E-state index in [1.807, 2.05) is 18.2 Å². The standard InChI is InChI=1S/C15H12Br2N6OS/c16-10-5-9(13(24)12(17)6-10)7-19-21-14-20-15(23-22-14)25-8-11-3-1-2-4-18-11/h1-7,24H,8H2,(H2,20,21,22,23)/b19-7-. The maximum atomic E-state index is 9.97. The highest BCUT2D eigenvalue weighted by Gasteiger charge is 2.06. The van der Waals surface area contributed by atoms with E-state index in [9.17, 15) is 5.11 Å². The van der Waals surface area contributed by atoms with Crippen molar-refractivity contribution in [2.45, 2.75) is 10.9 Å². The Labute approximate surface area is 164 Å². The van der Waals surface area contributed by atoms with Crippen molar-refractivity contribution in [2.24, 2.45) is 5.10 Å². The Bertz CT molecular complexity index is 887. The molecule has 3 N–H and O–H groups in total. The maximum Gasteiger partial charge on any atom is 0.240 e. The van der Waals surface area contributed by atoms with Crippen LogP contribution in [0.15, 0.2) is 55.7 Å². The average molecular weight is 484 g/mol. The van der Waals surface area contributed by atoms with Gasteiger partial charge in [-0.2, -0.15) is 10.1 Å². The van der Waals surface area contributed by atoms with Crippen LogP contribution in [0.4, 0.5) is 5.95 Å². The molecule has 0 fully saturated rings. The van der Waals surface area contributed by atoms with Gasteiger partial charge in [-0.05, 0) is 40.2 Å². The van der Waals surface area contributed by atoms with Gasteiger partial charge in [0.2, 0.25) is 11.1 Å². The SMILES string of the molecule is Oc1c(Br)cc(Br)cc1/C=N\Nc1nc(SCc2ccccn2)n[nH]1. The summed E-state index contributed by atoms with van der Waals surface area (Å²) in [7, 11) is 0. The largest absolute Gasteiger partial charge is 0.506 e. The van der Waals surface area contributed by atoms with E-state index in [1.54, 1.807) is 18.3 Å². The summed E-state index contributed by atoms with van der Waals surface area (Å²) in [6.07, 6.45) is 3.25. The van der Waals surface area contributed by atoms with E-state index in [4.69, 9.17) is 0 Å². The monoisotopic (exact) mass is 482 g/mol. The first kappa shape index (κ1) is 17.9. The van der Waals surface area contributed by atoms with Crippen LogP contribution in [0.25, 0.3) is 0 Å². The van der Waals surface area contributed by atoms with Gasteiger partial charge in [-0.3, -0.25) is 4.98 Å². The molecule has 25 heavy (non-hydrogen) atoms. The van der Waals surface area contributed by atoms with Crippen molar-refractivity contribution in [3.05, 3.63) is 56.7 Å². The summed E-state index contributed by atoms with van der Waals surface area (Å²) < 4.78 is 1.41. The summed E-state index contributed by atoms with van der Waals surface area (Å²) in [5.74, 6) is 1.20. The Kier molecular flexibility index (Phi) is 6.05. The molecule has 2 aromatic heterocycles. The van der Waals surface area contributed by atoms with Crippen molar-refractivity contribution in [1.29, 1.82) is 0 Å². The minimum absolute atomic E-state index is 0.109. The van der Waals surface area contributed by atoms with Crippen molar-refractivity contribution in [3.63, 3.8) is 0 Å². The highest BCUT2D eigenvalue weighted by Crippen LogP contribution is 2.30. The maximum absolute atomic E-state index is 9.97. The molecule has 0 unspecified atom stereocenters. The Morgan fingerprint density at radius 1 is 1.32 bits per heavy atom. The van der Waals surface area contributed by atoms with Gasteiger partial charge in [-0.1, -0.05) is 33.8 Å². The van der Waals surface area contributed by atoms with Crippen molar-refractivity contribution in [2.75, 3.05) is 5.43 Å². The number of hydrogen-bond donors (Lipinski definition) is 3. The number of nitrogens with zero attached hydrogens (tertiary/aromatic N) is 4. The zero-order valence-electron chi connectivity index (χ0n) is 12.6. The highest BCUT2D eigenvalue weighted by atomic mass is 79.9. The number of nitrogens with one attached hydrogen (secondary N) is 2. The molecule has 0 saturated heterocycles. The third kappa shape index (κ3) is 5.03. The van der Waals surface area contributed by atoms with E-state index in [0.29, 0.717) is 26.9 Å². The van der Waals surface area contributed by atoms with Crippen molar-refractivity contribution >= 4 is 55.8 Å². The second kappa shape index (κ2) is 8.45. The van der Waals surface area contributed by atoms with Crippen LogP contribution in [0.1, 0.15) is 11.3 Å². The highest BCUT2D eigenvalue weighted by molar-refractivity contribution is 9.11. The quantitative estimate of drug-likeness (QED) is 0.276. The molecule has 0 saturated carbocycles. The molecule has 0 spiro atoms. The lowest BCUT2D eigenvalue weighted by atomic mass is 10.2. The number of aromatic nitrogens is 4. The van der Waals surface area contributed by atoms with E-state index < -0.39 is 0 Å². The van der Waals surface area contributed by atoms with Gasteiger partial charge in [0.1, 0.15) is 5.75 Å². The number of halogens is 2. The molecule has 10 heteroatoms. The molecule has 0 aliphatic rings. The molecule has 0 atom stereocenters. The zero-order valence-corrected chi connectivity index (χ0v) is 16.6. The van der Waals surface area contributed by atoms with Crippen LogP contribution >= 0.6 is 43.6 Å². The lowest BCUT2D eigenvalue weighted by Crippen LogP contribution is -1.93. The fourth-order valence-electron chi connectivity index (χ4n) is 1.83. The minimum Gasteiger partial charge on any atom is -0.506 e. The zero-order chi connectivity index (χ0) is 17.6. The smallest absolute Gasteiger partial charge is 0.240 e. The Hall–Kier alpha value is -1.91. The van der Waals surface area contributed by atoms with Crippen LogP contribution in [0.2, 0.25) is 0 Å². The van der Waals surface area contributed by atoms with E-state index in [0.717, 1.165) is 10.2 Å². The summed E-state index contributed by atoms with van der Waals surface area (Å²) in [5, 5.41) is 21.5. The van der Waals surface area contributed by atoms with Crippen LogP contribution in [0.3, 0.4) is 0 Å². The second-order valence-electron chi connectivity index (χ2n) is 4.77. The molecule has 0 amide bonds. The topological polar surface area (TPSA) is 99.1 Å². The van der Waals surface area contributed by atoms with Crippen LogP contribution in [-0.4, -0.2) is 31.5 Å². The predicted octanol–water partition coefficient (Wildman–Crippen LogP) is 4.17. The third-order valence-electron chi connectivity index (χ3n) is 2.97. The van der Waals surface area contributed by atoms with E-state index in [1.165, 1.54) is 18.0 Å². The fraction of sp³-hybridized carbons (Fsp3) is 0.0667. The normalized spacial score (nSPS) is 11.1. The Morgan fingerprint density at radius 3 is 3.00 bits per heavy atom. The van der Waals surface area contributed by atoms with E-state index in [-0.39, 0.29) is 5.75 Å². The number of pyridine rings is 1. The lowest BCUT2D eigenvalue weighted by Gasteiger charge is -2.02. The fourth-order valence-corrected chi connectivity index (χ4v) is 3.80. The number of aromatic amines is 1. The summed E-state index contributed by atoms with van der Waals surface area (Å²) in [6.45, 7) is 0. The van der Waals surface area contributed by atoms with Gasteiger partial charge < -0.3 is 5.11 Å². The van der Waals surface area contributed by atoms with Crippen LogP contribution in [-0.2, 0) is 5.75 Å². The number of aromatic hydroxyl groups is 1. The van der Waals surface area contributed by atoms with Gasteiger partial charge in [0.05, 0.1) is 16.4 Å². The third-order valence-corrected chi connectivity index (χ3v) is 4.92. The van der Waals surface area contributed by atoms with Crippen LogP contribution < -0.4 is 5.43 Å². The number of thioether (sulfide) groups is 1. The van der Waals surface area contributed by atoms with Crippen LogP contribution in [0.5, 0.6) is 5.75 Å². The molecule has 7 nitrogen and oxygen atoms in total. The average Bonchev–Trinajstić information content (AvgIpc) is 3.06. The Morgan fingerprint density at radius 2 is 2.20 bits per heavy atom. The van der Waals surface area contributed by atoms with Crippen molar-refractivity contribution in [3.8, 4) is 5.75 Å². The Balaban J connectivity index is 1.58. The van der Waals surface area contributed by atoms with Crippen molar-refractivity contribution in [1.82, 2.24) is 20.2 Å². The van der Waals surface area contributed by atoms with E-state index >= 15 is 0 Å². The van der Waals surface area contributed by atoms with Gasteiger partial charge in [-0.15, -0.1) is 5.10 Å². The molecule has 0 radical (unpaired) electrons. The van der Waals surface area contributed by atoms with Crippen LogP contribution in [0, 0.1) is 0 Å². The molecule has 3 aromatic rings. The molecule has 1 aromatic carbocycles. The second-order valence-corrected chi connectivity index (χ2v) is 7.48. The first-order chi connectivity index (χ1) is 12.1. The van der Waals surface area contributed by atoms with Gasteiger partial charge in [0, 0.05) is 22.0 Å². The number of hydrogen-bond acceptors (Lipinski definition) is 7. The molecule has 0 bridgehead atoms. The predicted molar refractivity (Wildman–Crippen MR) is 105 cm³/mol. The molecular formula is C15H12Br2N6OS. The summed E-state index contributed by atoms with van der Waals surface area (Å²) in [4.78, 5) is 8.53. The summed E-state index contributed by atoms with van der Waals surface area (Å²) >= 11 is 8.11. The summed E-state index contributed by atoms with van der Waals surface area (Å²) in [6, 6.07) is 9.27. The number of benzene rings is 1. The molecule has 0 aliphatic carbocycles. The van der Waals surface area contributed by atoms with E-state index in [2.05, 4.69) is 62.6 Å². The molecular weight excluding hydrogens is 472 g/mol. The molecule has 128 valence electrons. The molecule has 2 heterocycles. The molecule has 3 rings (SSSR count). The molecule has 0 aliphatic heterocycles. The summed E-state index contributed by atoms with van der Waals surface area (Å²) in [5.41, 5.74) is 4.26. The van der Waals surface area contributed by atoms with Gasteiger partial charge in [0.25, 0.3) is 0 Å². The first-order valence-electron chi connectivity index (χ1n) is 7.04.